The van der Waals surface area contributed by atoms with Crippen molar-refractivity contribution in [3.63, 3.8) is 0 Å². The summed E-state index contributed by atoms with van der Waals surface area (Å²) in [6.45, 7) is 8.79. The Morgan fingerprint density at radius 2 is 2.17 bits per heavy atom. The molecule has 1 saturated heterocycles. The second-order valence-electron chi connectivity index (χ2n) is 5.41. The Hall–Kier alpha value is -0.740. The van der Waals surface area contributed by atoms with Crippen LogP contribution in [0.25, 0.3) is 0 Å². The predicted molar refractivity (Wildman–Crippen MR) is 85.8 cm³/mol. The summed E-state index contributed by atoms with van der Waals surface area (Å²) >= 11 is 7.20. The first-order valence-electron chi connectivity index (χ1n) is 6.18. The van der Waals surface area contributed by atoms with Crippen LogP contribution in [-0.4, -0.2) is 28.6 Å². The minimum absolute atomic E-state index is 0.287. The molecule has 0 unspecified atom stereocenters. The lowest BCUT2D eigenvalue weighted by atomic mass is 10.1. The smallest absolute Gasteiger partial charge is 0.106 e. The predicted octanol–water partition coefficient (Wildman–Crippen LogP) is 2.96. The maximum absolute atomic E-state index is 5.84. The molecule has 1 fully saturated rings. The molecule has 1 heterocycles. The van der Waals surface area contributed by atoms with E-state index in [9.17, 15) is 0 Å². The van der Waals surface area contributed by atoms with Crippen molar-refractivity contribution in [1.29, 1.82) is 0 Å². The fraction of sp³-hybridized carbons (Fsp3) is 0.500. The molecule has 18 heavy (non-hydrogen) atoms. The second kappa shape index (κ2) is 5.10. The molecular formula is C14H20N2S2. The Bertz CT molecular complexity index is 469. The third-order valence-electron chi connectivity index (χ3n) is 3.19. The van der Waals surface area contributed by atoms with Crippen molar-refractivity contribution in [3.8, 4) is 0 Å². The van der Waals surface area contributed by atoms with Crippen LogP contribution in [0.4, 0.5) is 5.69 Å². The summed E-state index contributed by atoms with van der Waals surface area (Å²) in [7, 11) is 0. The lowest BCUT2D eigenvalue weighted by Crippen LogP contribution is -2.43. The van der Waals surface area contributed by atoms with Crippen LogP contribution < -0.4 is 10.6 Å². The van der Waals surface area contributed by atoms with Gasteiger partial charge in [-0.15, -0.1) is 0 Å². The van der Waals surface area contributed by atoms with Crippen LogP contribution in [-0.2, 0) is 0 Å². The van der Waals surface area contributed by atoms with E-state index in [0.29, 0.717) is 4.99 Å². The van der Waals surface area contributed by atoms with Gasteiger partial charge in [0.1, 0.15) is 4.99 Å². The molecule has 1 aliphatic rings. The molecule has 0 saturated carbocycles. The van der Waals surface area contributed by atoms with Gasteiger partial charge in [-0.25, -0.2) is 0 Å². The zero-order valence-electron chi connectivity index (χ0n) is 11.2. The summed E-state index contributed by atoms with van der Waals surface area (Å²) in [6.07, 6.45) is 0. The van der Waals surface area contributed by atoms with Crippen molar-refractivity contribution >= 4 is 34.7 Å². The second-order valence-corrected chi connectivity index (χ2v) is 7.66. The zero-order valence-corrected chi connectivity index (χ0v) is 12.8. The van der Waals surface area contributed by atoms with Crippen molar-refractivity contribution in [3.05, 3.63) is 29.3 Å². The molecule has 1 aromatic rings. The monoisotopic (exact) mass is 280 g/mol. The Kier molecular flexibility index (Phi) is 3.87. The number of aryl methyl sites for hydroxylation is 1. The highest BCUT2D eigenvalue weighted by Gasteiger charge is 2.28. The average molecular weight is 280 g/mol. The third-order valence-corrected chi connectivity index (χ3v) is 4.70. The van der Waals surface area contributed by atoms with Crippen LogP contribution >= 0.6 is 24.0 Å². The van der Waals surface area contributed by atoms with E-state index in [1.165, 1.54) is 11.3 Å². The number of benzene rings is 1. The maximum atomic E-state index is 5.84. The maximum Gasteiger partial charge on any atom is 0.106 e. The van der Waals surface area contributed by atoms with E-state index < -0.39 is 0 Å². The van der Waals surface area contributed by atoms with Crippen LogP contribution in [0.1, 0.15) is 25.0 Å². The Morgan fingerprint density at radius 1 is 1.44 bits per heavy atom. The van der Waals surface area contributed by atoms with E-state index in [1.807, 2.05) is 17.8 Å². The Balaban J connectivity index is 2.37. The molecule has 0 bridgehead atoms. The van der Waals surface area contributed by atoms with Gasteiger partial charge >= 0.3 is 0 Å². The van der Waals surface area contributed by atoms with Crippen LogP contribution in [0.3, 0.4) is 0 Å². The summed E-state index contributed by atoms with van der Waals surface area (Å²) in [6, 6.07) is 6.31. The van der Waals surface area contributed by atoms with Crippen LogP contribution in [0, 0.1) is 6.92 Å². The molecule has 0 radical (unpaired) electrons. The fourth-order valence-corrected chi connectivity index (χ4v) is 3.62. The van der Waals surface area contributed by atoms with E-state index in [2.05, 4.69) is 37.8 Å². The van der Waals surface area contributed by atoms with Crippen molar-refractivity contribution in [1.82, 2.24) is 0 Å². The number of hydrogen-bond acceptors (Lipinski definition) is 3. The molecule has 4 heteroatoms. The quantitative estimate of drug-likeness (QED) is 0.843. The lowest BCUT2D eigenvalue weighted by molar-refractivity contribution is 0.647. The van der Waals surface area contributed by atoms with Gasteiger partial charge in [0.05, 0.1) is 0 Å². The van der Waals surface area contributed by atoms with Gasteiger partial charge in [-0.3, -0.25) is 0 Å². The molecule has 0 amide bonds. The summed E-state index contributed by atoms with van der Waals surface area (Å²) in [5.74, 6) is 1.15. The SMILES string of the molecule is Cc1ccc(C(N)=S)c(N2CCSC(C)(C)C2)c1. The number of hydrogen-bond donors (Lipinski definition) is 1. The van der Waals surface area contributed by atoms with E-state index >= 15 is 0 Å². The molecule has 2 nitrogen and oxygen atoms in total. The Morgan fingerprint density at radius 3 is 2.78 bits per heavy atom. The van der Waals surface area contributed by atoms with Gasteiger partial charge in [0.2, 0.25) is 0 Å². The first-order chi connectivity index (χ1) is 8.39. The molecule has 0 atom stereocenters. The molecule has 2 rings (SSSR count). The van der Waals surface area contributed by atoms with Crippen LogP contribution in [0.5, 0.6) is 0 Å². The van der Waals surface area contributed by atoms with Crippen molar-refractivity contribution < 1.29 is 0 Å². The molecule has 0 aromatic heterocycles. The molecule has 1 aromatic carbocycles. The summed E-state index contributed by atoms with van der Waals surface area (Å²) < 4.78 is 0.287. The number of thiocarbonyl (C=S) groups is 1. The number of thioether (sulfide) groups is 1. The number of anilines is 1. The van der Waals surface area contributed by atoms with Crippen LogP contribution in [0.15, 0.2) is 18.2 Å². The van der Waals surface area contributed by atoms with E-state index in [-0.39, 0.29) is 4.75 Å². The minimum atomic E-state index is 0.287. The van der Waals surface area contributed by atoms with Crippen molar-refractivity contribution in [2.45, 2.75) is 25.5 Å². The van der Waals surface area contributed by atoms with Gasteiger partial charge in [0.25, 0.3) is 0 Å². The van der Waals surface area contributed by atoms with Gasteiger partial charge in [-0.05, 0) is 38.5 Å². The molecule has 2 N–H and O–H groups in total. The minimum Gasteiger partial charge on any atom is -0.389 e. The molecule has 98 valence electrons. The molecule has 0 spiro atoms. The highest BCUT2D eigenvalue weighted by atomic mass is 32.2. The summed E-state index contributed by atoms with van der Waals surface area (Å²) in [5, 5.41) is 0. The normalized spacial score (nSPS) is 18.7. The number of nitrogens with zero attached hydrogens (tertiary/aromatic N) is 1. The fourth-order valence-electron chi connectivity index (χ4n) is 2.33. The highest BCUT2D eigenvalue weighted by molar-refractivity contribution is 8.00. The van der Waals surface area contributed by atoms with Gasteiger partial charge in [0, 0.05) is 34.8 Å². The molecule has 0 aliphatic carbocycles. The Labute approximate surface area is 119 Å². The largest absolute Gasteiger partial charge is 0.389 e. The van der Waals surface area contributed by atoms with Crippen molar-refractivity contribution in [2.75, 3.05) is 23.7 Å². The standard InChI is InChI=1S/C14H20N2S2/c1-10-4-5-11(13(15)17)12(8-10)16-6-7-18-14(2,3)9-16/h4-5,8H,6-7,9H2,1-3H3,(H2,15,17). The molecular weight excluding hydrogens is 260 g/mol. The van der Waals surface area contributed by atoms with Crippen LogP contribution in [0.2, 0.25) is 0 Å². The third kappa shape index (κ3) is 2.98. The first kappa shape index (κ1) is 13.7. The number of rotatable bonds is 2. The van der Waals surface area contributed by atoms with Crippen molar-refractivity contribution in [2.24, 2.45) is 5.73 Å². The summed E-state index contributed by atoms with van der Waals surface area (Å²) in [5.41, 5.74) is 9.28. The van der Waals surface area contributed by atoms with Gasteiger partial charge in [0.15, 0.2) is 0 Å². The number of nitrogens with two attached hydrogens (primary N) is 1. The average Bonchev–Trinajstić information content (AvgIpc) is 2.27. The zero-order chi connectivity index (χ0) is 13.3. The van der Waals surface area contributed by atoms with Gasteiger partial charge in [-0.2, -0.15) is 11.8 Å². The van der Waals surface area contributed by atoms with E-state index in [1.54, 1.807) is 0 Å². The molecule has 1 aliphatic heterocycles. The first-order valence-corrected chi connectivity index (χ1v) is 7.58. The topological polar surface area (TPSA) is 29.3 Å². The van der Waals surface area contributed by atoms with E-state index in [4.69, 9.17) is 18.0 Å². The highest BCUT2D eigenvalue weighted by Crippen LogP contribution is 2.33. The summed E-state index contributed by atoms with van der Waals surface area (Å²) in [4.78, 5) is 2.90. The van der Waals surface area contributed by atoms with Gasteiger partial charge < -0.3 is 10.6 Å². The van der Waals surface area contributed by atoms with Gasteiger partial charge in [-0.1, -0.05) is 18.3 Å². The lowest BCUT2D eigenvalue weighted by Gasteiger charge is -2.39. The van der Waals surface area contributed by atoms with E-state index in [0.717, 1.165) is 24.4 Å².